The summed E-state index contributed by atoms with van der Waals surface area (Å²) in [4.78, 5) is 18.8. The highest BCUT2D eigenvalue weighted by Crippen LogP contribution is 2.34. The molecule has 1 fully saturated rings. The molecule has 1 aliphatic heterocycles. The Balaban J connectivity index is 1.96. The van der Waals surface area contributed by atoms with Gasteiger partial charge in [0.05, 0.1) is 12.7 Å². The average Bonchev–Trinajstić information content (AvgIpc) is 2.85. The zero-order valence-electron chi connectivity index (χ0n) is 22.8. The van der Waals surface area contributed by atoms with Gasteiger partial charge in [0.15, 0.2) is 5.84 Å². The van der Waals surface area contributed by atoms with Crippen LogP contribution in [0.15, 0.2) is 36.4 Å². The van der Waals surface area contributed by atoms with Crippen LogP contribution in [0, 0.1) is 10.8 Å². The molecule has 0 atom stereocenters. The van der Waals surface area contributed by atoms with Gasteiger partial charge in [-0.1, -0.05) is 26.0 Å². The molecule has 9 nitrogen and oxygen atoms in total. The molecule has 4 N–H and O–H groups in total. The number of nitrogens with one attached hydrogen (secondary N) is 3. The molecule has 2 aromatic rings. The van der Waals surface area contributed by atoms with Crippen molar-refractivity contribution in [2.75, 3.05) is 45.2 Å². The number of methoxy groups -OCH3 is 1. The van der Waals surface area contributed by atoms with Crippen LogP contribution in [0.2, 0.25) is 0 Å². The lowest BCUT2D eigenvalue weighted by Crippen LogP contribution is -2.47. The third-order valence-electron chi connectivity index (χ3n) is 6.50. The highest BCUT2D eigenvalue weighted by molar-refractivity contribution is 6.48. The van der Waals surface area contributed by atoms with E-state index in [0.29, 0.717) is 11.4 Å². The van der Waals surface area contributed by atoms with Crippen LogP contribution in [-0.4, -0.2) is 78.9 Å². The van der Waals surface area contributed by atoms with E-state index in [1.54, 1.807) is 6.07 Å². The first kappa shape index (κ1) is 28.1. The van der Waals surface area contributed by atoms with Gasteiger partial charge < -0.3 is 20.1 Å². The Morgan fingerprint density at radius 3 is 2.24 bits per heavy atom. The highest BCUT2D eigenvalue weighted by Gasteiger charge is 2.27. The predicted octanol–water partition coefficient (Wildman–Crippen LogP) is 3.61. The quantitative estimate of drug-likeness (QED) is 0.335. The number of nitrogens with zero attached hydrogens (tertiary/aromatic N) is 3. The maximum atomic E-state index is 12.9. The van der Waals surface area contributed by atoms with Crippen molar-refractivity contribution < 1.29 is 14.6 Å². The van der Waals surface area contributed by atoms with Crippen molar-refractivity contribution in [3.05, 3.63) is 53.1 Å². The molecule has 200 valence electrons. The molecule has 37 heavy (non-hydrogen) atoms. The summed E-state index contributed by atoms with van der Waals surface area (Å²) >= 11 is 0. The molecule has 9 heteroatoms. The number of aromatic hydroxyl groups is 1. The smallest absolute Gasteiger partial charge is 0.287 e. The maximum Gasteiger partial charge on any atom is 0.287 e. The Bertz CT molecular complexity index is 1120. The SMILES string of the molecule is COc1cc(O)c(C(=N)N(C(=N)C(=O)NC(C)C)c2ccc(CN3CCN(C)CC3)cc2)cc1C(C)C. The fourth-order valence-corrected chi connectivity index (χ4v) is 4.34. The van der Waals surface area contributed by atoms with Crippen LogP contribution in [-0.2, 0) is 11.3 Å². The third kappa shape index (κ3) is 6.87. The predicted molar refractivity (Wildman–Crippen MR) is 148 cm³/mol. The number of amides is 1. The zero-order valence-corrected chi connectivity index (χ0v) is 22.8. The number of phenols is 1. The van der Waals surface area contributed by atoms with E-state index < -0.39 is 11.7 Å². The number of piperazine rings is 1. The normalized spacial score (nSPS) is 14.6. The van der Waals surface area contributed by atoms with Crippen LogP contribution in [0.5, 0.6) is 11.5 Å². The van der Waals surface area contributed by atoms with Crippen molar-refractivity contribution in [1.82, 2.24) is 15.1 Å². The van der Waals surface area contributed by atoms with Crippen LogP contribution >= 0.6 is 0 Å². The number of carbonyl (C=O) groups excluding carboxylic acids is 1. The number of rotatable bonds is 7. The molecule has 0 aliphatic carbocycles. The first-order chi connectivity index (χ1) is 17.5. The lowest BCUT2D eigenvalue weighted by atomic mass is 9.97. The van der Waals surface area contributed by atoms with E-state index in [9.17, 15) is 9.90 Å². The summed E-state index contributed by atoms with van der Waals surface area (Å²) in [7, 11) is 3.67. The Morgan fingerprint density at radius 2 is 1.70 bits per heavy atom. The Labute approximate surface area is 220 Å². The van der Waals surface area contributed by atoms with Gasteiger partial charge in [0.2, 0.25) is 0 Å². The van der Waals surface area contributed by atoms with Gasteiger partial charge in [0, 0.05) is 50.5 Å². The standard InChI is InChI=1S/C28H40N6O3/c1-18(2)22-15-23(24(35)16-25(22)37-6)26(29)34(27(30)28(36)31-19(3)4)21-9-7-20(8-10-21)17-33-13-11-32(5)12-14-33/h7-10,15-16,18-19,29-30,35H,11-14,17H2,1-6H3,(H,31,36). The van der Waals surface area contributed by atoms with Crippen LogP contribution in [0.4, 0.5) is 5.69 Å². The number of ether oxygens (including phenoxy) is 1. The second-order valence-electron chi connectivity index (χ2n) is 10.2. The molecule has 0 bridgehead atoms. The van der Waals surface area contributed by atoms with Gasteiger partial charge >= 0.3 is 0 Å². The summed E-state index contributed by atoms with van der Waals surface area (Å²) in [5.74, 6) is -0.715. The van der Waals surface area contributed by atoms with Gasteiger partial charge in [-0.2, -0.15) is 0 Å². The summed E-state index contributed by atoms with van der Waals surface area (Å²) in [6.45, 7) is 12.5. The zero-order chi connectivity index (χ0) is 27.3. The molecule has 2 aromatic carbocycles. The Kier molecular flexibility index (Phi) is 9.29. The second kappa shape index (κ2) is 12.2. The summed E-state index contributed by atoms with van der Waals surface area (Å²) in [6.07, 6.45) is 0. The van der Waals surface area contributed by atoms with Gasteiger partial charge in [0.25, 0.3) is 5.91 Å². The summed E-state index contributed by atoms with van der Waals surface area (Å²) in [5.41, 5.74) is 2.65. The van der Waals surface area contributed by atoms with Gasteiger partial charge in [-0.25, -0.2) is 0 Å². The Morgan fingerprint density at radius 1 is 1.08 bits per heavy atom. The number of hydrogen-bond donors (Lipinski definition) is 4. The van der Waals surface area contributed by atoms with E-state index in [0.717, 1.165) is 43.9 Å². The van der Waals surface area contributed by atoms with Crippen molar-refractivity contribution in [2.24, 2.45) is 0 Å². The van der Waals surface area contributed by atoms with Crippen molar-refractivity contribution in [3.8, 4) is 11.5 Å². The first-order valence-corrected chi connectivity index (χ1v) is 12.7. The van der Waals surface area contributed by atoms with Gasteiger partial charge in [0.1, 0.15) is 17.3 Å². The molecule has 1 amide bonds. The third-order valence-corrected chi connectivity index (χ3v) is 6.50. The molecular weight excluding hydrogens is 468 g/mol. The summed E-state index contributed by atoms with van der Waals surface area (Å²) in [6, 6.07) is 10.6. The molecule has 1 aliphatic rings. The van der Waals surface area contributed by atoms with Crippen molar-refractivity contribution in [3.63, 3.8) is 0 Å². The van der Waals surface area contributed by atoms with E-state index in [1.165, 1.54) is 18.1 Å². The second-order valence-corrected chi connectivity index (χ2v) is 10.2. The molecule has 0 unspecified atom stereocenters. The fourth-order valence-electron chi connectivity index (χ4n) is 4.34. The molecule has 0 radical (unpaired) electrons. The molecule has 3 rings (SSSR count). The van der Waals surface area contributed by atoms with Crippen LogP contribution in [0.25, 0.3) is 0 Å². The van der Waals surface area contributed by atoms with Gasteiger partial charge in [-0.05, 0) is 56.1 Å². The summed E-state index contributed by atoms with van der Waals surface area (Å²) < 4.78 is 5.42. The molecule has 0 spiro atoms. The van der Waals surface area contributed by atoms with Gasteiger partial charge in [-0.3, -0.25) is 25.4 Å². The highest BCUT2D eigenvalue weighted by atomic mass is 16.5. The topological polar surface area (TPSA) is 116 Å². The first-order valence-electron chi connectivity index (χ1n) is 12.7. The van der Waals surface area contributed by atoms with E-state index in [4.69, 9.17) is 15.6 Å². The minimum atomic E-state index is -0.599. The number of benzene rings is 2. The minimum Gasteiger partial charge on any atom is -0.507 e. The maximum absolute atomic E-state index is 12.9. The van der Waals surface area contributed by atoms with Crippen LogP contribution < -0.4 is 15.0 Å². The van der Waals surface area contributed by atoms with Gasteiger partial charge in [-0.15, -0.1) is 0 Å². The lowest BCUT2D eigenvalue weighted by Gasteiger charge is -2.32. The van der Waals surface area contributed by atoms with E-state index in [-0.39, 0.29) is 29.1 Å². The number of hydrogen-bond acceptors (Lipinski definition) is 7. The lowest BCUT2D eigenvalue weighted by molar-refractivity contribution is -0.115. The summed E-state index contributed by atoms with van der Waals surface area (Å²) in [5, 5.41) is 31.2. The van der Waals surface area contributed by atoms with Crippen molar-refractivity contribution in [2.45, 2.75) is 46.2 Å². The number of anilines is 1. The largest absolute Gasteiger partial charge is 0.507 e. The van der Waals surface area contributed by atoms with E-state index >= 15 is 0 Å². The average molecular weight is 509 g/mol. The minimum absolute atomic E-state index is 0.0769. The molecule has 0 aromatic heterocycles. The Hall–Kier alpha value is -3.43. The fraction of sp³-hybridized carbons (Fsp3) is 0.464. The van der Waals surface area contributed by atoms with E-state index in [1.807, 2.05) is 52.0 Å². The molecule has 1 heterocycles. The van der Waals surface area contributed by atoms with E-state index in [2.05, 4.69) is 22.2 Å². The van der Waals surface area contributed by atoms with Crippen molar-refractivity contribution in [1.29, 1.82) is 10.8 Å². The number of likely N-dealkylation sites (N-methyl/N-ethyl adjacent to an activating group) is 1. The monoisotopic (exact) mass is 508 g/mol. The number of phenolic OH excluding ortho intramolecular Hbond substituents is 1. The van der Waals surface area contributed by atoms with Crippen LogP contribution in [0.1, 0.15) is 50.3 Å². The number of carbonyl (C=O) groups is 1. The number of amidine groups is 2. The van der Waals surface area contributed by atoms with Crippen molar-refractivity contribution >= 4 is 23.3 Å². The molecule has 1 saturated heterocycles. The molecular formula is C28H40N6O3. The molecule has 0 saturated carbocycles. The van der Waals surface area contributed by atoms with Crippen LogP contribution in [0.3, 0.4) is 0 Å².